The average molecular weight is 1980 g/mol. The zero-order chi connectivity index (χ0) is 103. The average Bonchev–Trinajstić information content (AvgIpc) is 0.846. The van der Waals surface area contributed by atoms with E-state index < -0.39 is 71.6 Å². The maximum atomic E-state index is 11.5. The van der Waals surface area contributed by atoms with Crippen LogP contribution < -0.4 is 40.9 Å². The van der Waals surface area contributed by atoms with Crippen LogP contribution in [0, 0.1) is 0 Å². The Morgan fingerprint density at radius 3 is 0.556 bits per heavy atom. The molecule has 4 aliphatic rings. The summed E-state index contributed by atoms with van der Waals surface area (Å²) in [6, 6.07) is 50.8. The standard InChI is InChI=1S/2C27H30N6O6.2C22H27N5O6/c34-25(35)18-33-13-11-31(14-21-6-2-8-23(29-21)26(36)37)10-12-32(15-19-4-1-5-20(16-33)28-19)17-22-7-3-9-24(30-22)27(38)39;34-25(35)18-31-10-12-32(16-21-6-2-8-23(29-21)26(36)37)14-19-4-1-5-20(28-19)15-33(13-11-31)17-22-7-3-9-24(30-22)27(38)39;28-20(29)14-26-9-7-25(11-18-5-2-6-19(24-18)22(32)33)8-10-27(15-21(30)31)13-17-4-1-3-16(12-26)23-17;28-20(29)14-25-7-9-26(13-18-5-2-6-19(24-18)22(32)33)11-16-3-1-4-17(23-16)12-27(10-8-25)15-21(30)31/h2*1-9H,10-18H2,(H,34,35)(H,36,37)(H,38,39);2*1-6H,7-15H2,(H,28,29)(H,30,31)(H,32,33)/p-8. The first-order chi connectivity index (χ1) is 69.0. The van der Waals surface area contributed by atoms with Crippen LogP contribution in [0.2, 0.25) is 0 Å². The summed E-state index contributed by atoms with van der Waals surface area (Å²) in [5, 5.41) is 127. The van der Waals surface area contributed by atoms with E-state index in [2.05, 4.69) is 54.6 Å². The number of carboxylic acid groups (broad SMARTS) is 12. The van der Waals surface area contributed by atoms with Gasteiger partial charge in [0.15, 0.2) is 0 Å². The van der Waals surface area contributed by atoms with Crippen LogP contribution in [-0.4, -0.2) is 345 Å². The van der Waals surface area contributed by atoms with Crippen molar-refractivity contribution >= 4 is 71.6 Å². The molecule has 8 bridgehead atoms. The predicted molar refractivity (Wildman–Crippen MR) is 490 cm³/mol. The molecule has 0 atom stereocenters. The van der Waals surface area contributed by atoms with Crippen LogP contribution in [0.5, 0.6) is 0 Å². The van der Waals surface area contributed by atoms with Crippen molar-refractivity contribution in [1.82, 2.24) is 109 Å². The summed E-state index contributed by atoms with van der Waals surface area (Å²) in [7, 11) is 0. The van der Waals surface area contributed by atoms with Gasteiger partial charge in [-0.3, -0.25) is 98.5 Å². The van der Waals surface area contributed by atoms with Gasteiger partial charge in [-0.2, -0.15) is 0 Å². The monoisotopic (exact) mass is 1970 g/mol. The van der Waals surface area contributed by atoms with Crippen molar-refractivity contribution in [1.29, 1.82) is 0 Å². The number of carboxylic acids is 12. The molecule has 0 fully saturated rings. The third-order valence-corrected chi connectivity index (χ3v) is 23.0. The lowest BCUT2D eigenvalue weighted by molar-refractivity contribution is -0.308. The second-order valence-electron chi connectivity index (χ2n) is 34.4. The van der Waals surface area contributed by atoms with Gasteiger partial charge in [-0.1, -0.05) is 60.7 Å². The SMILES string of the molecule is O=C([O-])CN1CCN(CC(=O)[O-])Cc2cccc(n2)CN(Cc2cccc(C(=O)O)n2)CC1.O=C([O-])CN1CCN(Cc2cccc(C(=O)[O-])n2)CCN(CC(=O)O)Cc2cccc(n2)C1.O=C([O-])CN1CCN(Cc2cccc(C(=O)[O-])n2)CCN(Cc2cccc(C(=O)O)n2)Cc2cccc(n2)C1.O=C([O-])CN1CCN(Cc2cccc(C(=O)[O-])n2)Cc2cccc(n2)CN(Cc2cccc(C(=O)O)n2)CC1. The summed E-state index contributed by atoms with van der Waals surface area (Å²) in [5.41, 5.74) is 8.69. The highest BCUT2D eigenvalue weighted by atomic mass is 16.4. The topological polar surface area (TPSA) is 638 Å². The maximum Gasteiger partial charge on any atom is 0.354 e. The highest BCUT2D eigenvalue weighted by molar-refractivity contribution is 5.87. The van der Waals surface area contributed by atoms with Crippen LogP contribution >= 0.6 is 0 Å². The number of rotatable bonds is 30. The van der Waals surface area contributed by atoms with Crippen LogP contribution in [0.4, 0.5) is 0 Å². The number of nitrogens with zero attached hydrogens (tertiary/aromatic N) is 22. The molecule has 0 saturated heterocycles. The molecule has 10 aromatic heterocycles. The highest BCUT2D eigenvalue weighted by Crippen LogP contribution is 2.21. The Bertz CT molecular complexity index is 5980. The molecule has 46 nitrogen and oxygen atoms in total. The van der Waals surface area contributed by atoms with Gasteiger partial charge in [0.2, 0.25) is 0 Å². The zero-order valence-corrected chi connectivity index (χ0v) is 78.6. The Hall–Kier alpha value is -15.3. The number of aromatic nitrogens is 10. The Balaban J connectivity index is 0.000000184. The number of carbonyl (C=O) groups is 12. The Morgan fingerprint density at radius 1 is 0.194 bits per heavy atom. The molecule has 0 aliphatic carbocycles. The van der Waals surface area contributed by atoms with Crippen LogP contribution in [0.1, 0.15) is 143 Å². The number of carbonyl (C=O) groups excluding carboxylic acids is 8. The van der Waals surface area contributed by atoms with Gasteiger partial charge < -0.3 is 99.6 Å². The van der Waals surface area contributed by atoms with Crippen LogP contribution in [0.3, 0.4) is 0 Å². The van der Waals surface area contributed by atoms with E-state index in [4.69, 9.17) is 9.97 Å². The fraction of sp³-hybridized carbons (Fsp3) is 0.367. The van der Waals surface area contributed by atoms with Crippen molar-refractivity contribution in [2.24, 2.45) is 0 Å². The van der Waals surface area contributed by atoms with Crippen LogP contribution in [0.15, 0.2) is 182 Å². The van der Waals surface area contributed by atoms with E-state index in [0.29, 0.717) is 241 Å². The molecule has 14 rings (SSSR count). The van der Waals surface area contributed by atoms with E-state index in [0.717, 1.165) is 28.5 Å². The minimum atomic E-state index is -1.37. The lowest BCUT2D eigenvalue weighted by Gasteiger charge is -2.31. The Labute approximate surface area is 826 Å². The fourth-order valence-electron chi connectivity index (χ4n) is 16.3. The molecular weight excluding hydrogens is 1870 g/mol. The first-order valence-corrected chi connectivity index (χ1v) is 45.8. The summed E-state index contributed by atoms with van der Waals surface area (Å²) >= 11 is 0. The Morgan fingerprint density at radius 2 is 0.354 bits per heavy atom. The second-order valence-corrected chi connectivity index (χ2v) is 34.4. The summed E-state index contributed by atoms with van der Waals surface area (Å²) < 4.78 is 0. The van der Waals surface area contributed by atoms with E-state index in [9.17, 15) is 119 Å². The molecule has 0 saturated carbocycles. The molecule has 4 N–H and O–H groups in total. The first-order valence-electron chi connectivity index (χ1n) is 45.8. The fourth-order valence-corrected chi connectivity index (χ4v) is 16.3. The number of aliphatic carboxylic acids is 6. The number of fused-ring (bicyclic) bond motifs is 8. The Kier molecular flexibility index (Phi) is 41.8. The minimum absolute atomic E-state index is 0.0320. The molecule has 14 heterocycles. The lowest BCUT2D eigenvalue weighted by Crippen LogP contribution is -2.46. The molecule has 760 valence electrons. The van der Waals surface area contributed by atoms with E-state index in [1.807, 2.05) is 69.3 Å². The van der Waals surface area contributed by atoms with Gasteiger partial charge in [-0.15, -0.1) is 0 Å². The quantitative estimate of drug-likeness (QED) is 0.0325. The van der Waals surface area contributed by atoms with Gasteiger partial charge in [0.1, 0.15) is 17.1 Å². The summed E-state index contributed by atoms with van der Waals surface area (Å²) in [4.78, 5) is 202. The molecule has 0 aromatic carbocycles. The molecular formula is C98H106N22O24-8. The smallest absolute Gasteiger partial charge is 0.354 e. The minimum Gasteiger partial charge on any atom is -0.549 e. The molecule has 0 spiro atoms. The number of pyridine rings is 10. The van der Waals surface area contributed by atoms with Gasteiger partial charge in [0.25, 0.3) is 0 Å². The van der Waals surface area contributed by atoms with Gasteiger partial charge in [-0.25, -0.2) is 29.3 Å². The normalized spacial score (nSPS) is 16.1. The first kappa shape index (κ1) is 109. The lowest BCUT2D eigenvalue weighted by atomic mass is 10.2. The highest BCUT2D eigenvalue weighted by Gasteiger charge is 2.26. The van der Waals surface area contributed by atoms with Crippen molar-refractivity contribution in [3.63, 3.8) is 0 Å². The number of aromatic carboxylic acids is 6. The van der Waals surface area contributed by atoms with Crippen LogP contribution in [-0.2, 0) is 120 Å². The molecule has 10 aromatic rings. The molecule has 0 unspecified atom stereocenters. The van der Waals surface area contributed by atoms with E-state index in [1.54, 1.807) is 120 Å². The summed E-state index contributed by atoms with van der Waals surface area (Å²) in [6.07, 6.45) is 0. The largest absolute Gasteiger partial charge is 0.549 e. The third kappa shape index (κ3) is 38.3. The predicted octanol–water partition coefficient (Wildman–Crippen LogP) is -6.40. The van der Waals surface area contributed by atoms with Crippen molar-refractivity contribution in [2.45, 2.75) is 91.6 Å². The molecule has 4 aliphatic heterocycles. The van der Waals surface area contributed by atoms with E-state index in [-0.39, 0.29) is 80.0 Å². The van der Waals surface area contributed by atoms with Gasteiger partial charge in [0, 0.05) is 229 Å². The van der Waals surface area contributed by atoms with Gasteiger partial charge >= 0.3 is 23.9 Å². The number of hydrogen-bond donors (Lipinski definition) is 4. The molecule has 46 heteroatoms. The van der Waals surface area contributed by atoms with Crippen molar-refractivity contribution < 1.29 is 119 Å². The summed E-state index contributed by atoms with van der Waals surface area (Å²) in [6.45, 7) is 10.5. The van der Waals surface area contributed by atoms with Crippen molar-refractivity contribution in [3.8, 4) is 0 Å². The zero-order valence-electron chi connectivity index (χ0n) is 78.6. The maximum absolute atomic E-state index is 11.5. The van der Waals surface area contributed by atoms with Gasteiger partial charge in [-0.05, 0) is 121 Å². The second kappa shape index (κ2) is 55.2. The van der Waals surface area contributed by atoms with Crippen molar-refractivity contribution in [2.75, 3.05) is 144 Å². The van der Waals surface area contributed by atoms with Crippen LogP contribution in [0.25, 0.3) is 0 Å². The molecule has 0 radical (unpaired) electrons. The van der Waals surface area contributed by atoms with E-state index >= 15 is 0 Å². The van der Waals surface area contributed by atoms with Crippen molar-refractivity contribution in [3.05, 3.63) is 296 Å². The molecule has 0 amide bonds. The van der Waals surface area contributed by atoms with Gasteiger partial charge in [0.05, 0.1) is 151 Å². The number of hydrogen-bond acceptors (Lipinski definition) is 42. The summed E-state index contributed by atoms with van der Waals surface area (Å²) in [5.74, 6) is -14.3. The molecule has 144 heavy (non-hydrogen) atoms. The van der Waals surface area contributed by atoms with E-state index in [1.165, 1.54) is 36.4 Å². The third-order valence-electron chi connectivity index (χ3n) is 23.0.